The summed E-state index contributed by atoms with van der Waals surface area (Å²) >= 11 is 0. The first-order valence-electron chi connectivity index (χ1n) is 8.14. The van der Waals surface area contributed by atoms with Gasteiger partial charge in [-0.1, -0.05) is 24.6 Å². The summed E-state index contributed by atoms with van der Waals surface area (Å²) in [7, 11) is 0. The minimum Gasteiger partial charge on any atom is -0.338 e. The SMILES string of the molecule is Cc1cc(C)c(CC(=O)NC2(C#N)CCC(C)CC2)c(C)c1. The van der Waals surface area contributed by atoms with E-state index in [0.29, 0.717) is 12.3 Å². The Balaban J connectivity index is 2.09. The number of nitrogens with one attached hydrogen (secondary N) is 1. The van der Waals surface area contributed by atoms with E-state index in [-0.39, 0.29) is 5.91 Å². The molecule has 0 radical (unpaired) electrons. The zero-order valence-corrected chi connectivity index (χ0v) is 14.1. The van der Waals surface area contributed by atoms with Crippen LogP contribution in [0.2, 0.25) is 0 Å². The maximum Gasteiger partial charge on any atom is 0.225 e. The zero-order chi connectivity index (χ0) is 16.3. The van der Waals surface area contributed by atoms with Gasteiger partial charge in [-0.3, -0.25) is 4.79 Å². The molecule has 1 aromatic rings. The van der Waals surface area contributed by atoms with Crippen molar-refractivity contribution in [2.45, 2.75) is 65.3 Å². The molecule has 0 atom stereocenters. The number of aryl methyl sites for hydroxylation is 3. The minimum atomic E-state index is -0.657. The topological polar surface area (TPSA) is 52.9 Å². The van der Waals surface area contributed by atoms with Crippen molar-refractivity contribution in [3.05, 3.63) is 34.4 Å². The van der Waals surface area contributed by atoms with E-state index in [9.17, 15) is 10.1 Å². The molecule has 3 heteroatoms. The van der Waals surface area contributed by atoms with Gasteiger partial charge in [-0.25, -0.2) is 0 Å². The molecule has 1 amide bonds. The van der Waals surface area contributed by atoms with E-state index in [1.807, 2.05) is 13.8 Å². The molecule has 0 unspecified atom stereocenters. The first kappa shape index (κ1) is 16.5. The lowest BCUT2D eigenvalue weighted by atomic mass is 9.78. The third-order valence-corrected chi connectivity index (χ3v) is 4.90. The van der Waals surface area contributed by atoms with Crippen LogP contribution < -0.4 is 5.32 Å². The molecule has 1 aliphatic rings. The Hall–Kier alpha value is -1.82. The van der Waals surface area contributed by atoms with E-state index in [1.165, 1.54) is 5.56 Å². The van der Waals surface area contributed by atoms with Gasteiger partial charge in [0.2, 0.25) is 5.91 Å². The fourth-order valence-corrected chi connectivity index (χ4v) is 3.48. The fourth-order valence-electron chi connectivity index (χ4n) is 3.48. The number of hydrogen-bond donors (Lipinski definition) is 1. The molecule has 2 rings (SSSR count). The van der Waals surface area contributed by atoms with Crippen molar-refractivity contribution >= 4 is 5.91 Å². The van der Waals surface area contributed by atoms with Gasteiger partial charge in [-0.15, -0.1) is 0 Å². The van der Waals surface area contributed by atoms with Gasteiger partial charge in [0, 0.05) is 0 Å². The number of nitrogens with zero attached hydrogens (tertiary/aromatic N) is 1. The van der Waals surface area contributed by atoms with Crippen molar-refractivity contribution in [2.24, 2.45) is 5.92 Å². The Bertz CT molecular complexity index is 581. The minimum absolute atomic E-state index is 0.0360. The first-order valence-corrected chi connectivity index (χ1v) is 8.14. The maximum absolute atomic E-state index is 12.5. The Kier molecular flexibility index (Phi) is 4.90. The van der Waals surface area contributed by atoms with E-state index in [0.717, 1.165) is 42.4 Å². The molecule has 0 spiro atoms. The van der Waals surface area contributed by atoms with Crippen LogP contribution in [0.25, 0.3) is 0 Å². The Morgan fingerprint density at radius 3 is 2.32 bits per heavy atom. The smallest absolute Gasteiger partial charge is 0.225 e. The summed E-state index contributed by atoms with van der Waals surface area (Å²) in [6.07, 6.45) is 3.91. The third-order valence-electron chi connectivity index (χ3n) is 4.90. The van der Waals surface area contributed by atoms with Gasteiger partial charge >= 0.3 is 0 Å². The van der Waals surface area contributed by atoms with Gasteiger partial charge in [-0.2, -0.15) is 5.26 Å². The highest BCUT2D eigenvalue weighted by Gasteiger charge is 2.35. The fraction of sp³-hybridized carbons (Fsp3) is 0.579. The molecule has 0 heterocycles. The molecule has 0 bridgehead atoms. The van der Waals surface area contributed by atoms with Crippen molar-refractivity contribution < 1.29 is 4.79 Å². The number of nitriles is 1. The largest absolute Gasteiger partial charge is 0.338 e. The van der Waals surface area contributed by atoms with Gasteiger partial charge in [0.1, 0.15) is 5.54 Å². The van der Waals surface area contributed by atoms with Crippen molar-refractivity contribution in [3.63, 3.8) is 0 Å². The molecular formula is C19H26N2O. The molecule has 1 saturated carbocycles. The van der Waals surface area contributed by atoms with Crippen LogP contribution in [0.5, 0.6) is 0 Å². The van der Waals surface area contributed by atoms with Gasteiger partial charge in [0.05, 0.1) is 12.5 Å². The van der Waals surface area contributed by atoms with E-state index in [2.05, 4.69) is 37.4 Å². The second kappa shape index (κ2) is 6.52. The highest BCUT2D eigenvalue weighted by atomic mass is 16.1. The second-order valence-corrected chi connectivity index (χ2v) is 6.98. The molecular weight excluding hydrogens is 272 g/mol. The maximum atomic E-state index is 12.5. The summed E-state index contributed by atoms with van der Waals surface area (Å²) in [5.74, 6) is 0.617. The van der Waals surface area contributed by atoms with Crippen molar-refractivity contribution in [1.82, 2.24) is 5.32 Å². The summed E-state index contributed by atoms with van der Waals surface area (Å²) in [4.78, 5) is 12.5. The molecule has 1 N–H and O–H groups in total. The number of hydrogen-bond acceptors (Lipinski definition) is 2. The average molecular weight is 298 g/mol. The van der Waals surface area contributed by atoms with Crippen molar-refractivity contribution in [3.8, 4) is 6.07 Å². The molecule has 0 aliphatic heterocycles. The van der Waals surface area contributed by atoms with Crippen LogP contribution in [0.4, 0.5) is 0 Å². The van der Waals surface area contributed by atoms with Crippen LogP contribution >= 0.6 is 0 Å². The van der Waals surface area contributed by atoms with E-state index in [4.69, 9.17) is 0 Å². The summed E-state index contributed by atoms with van der Waals surface area (Å²) in [6.45, 7) is 8.37. The Morgan fingerprint density at radius 1 is 1.27 bits per heavy atom. The third kappa shape index (κ3) is 3.68. The van der Waals surface area contributed by atoms with Gasteiger partial charge < -0.3 is 5.32 Å². The van der Waals surface area contributed by atoms with Crippen molar-refractivity contribution in [1.29, 1.82) is 5.26 Å². The lowest BCUT2D eigenvalue weighted by Crippen LogP contribution is -2.50. The first-order chi connectivity index (χ1) is 10.3. The molecule has 0 aromatic heterocycles. The molecule has 22 heavy (non-hydrogen) atoms. The highest BCUT2D eigenvalue weighted by Crippen LogP contribution is 2.31. The molecule has 118 valence electrons. The van der Waals surface area contributed by atoms with E-state index in [1.54, 1.807) is 0 Å². The van der Waals surface area contributed by atoms with Crippen LogP contribution in [0.3, 0.4) is 0 Å². The second-order valence-electron chi connectivity index (χ2n) is 6.98. The number of benzene rings is 1. The lowest BCUT2D eigenvalue weighted by molar-refractivity contribution is -0.122. The van der Waals surface area contributed by atoms with E-state index < -0.39 is 5.54 Å². The molecule has 0 saturated heterocycles. The van der Waals surface area contributed by atoms with Crippen LogP contribution in [0.1, 0.15) is 54.9 Å². The summed E-state index contributed by atoms with van der Waals surface area (Å²) in [6, 6.07) is 6.58. The van der Waals surface area contributed by atoms with Crippen molar-refractivity contribution in [2.75, 3.05) is 0 Å². The molecule has 1 aliphatic carbocycles. The normalized spacial score (nSPS) is 24.6. The Morgan fingerprint density at radius 2 is 1.82 bits per heavy atom. The zero-order valence-electron chi connectivity index (χ0n) is 14.1. The average Bonchev–Trinajstić information content (AvgIpc) is 2.45. The number of amides is 1. The predicted octanol–water partition coefficient (Wildman–Crippen LogP) is 3.74. The molecule has 1 aromatic carbocycles. The van der Waals surface area contributed by atoms with Gasteiger partial charge in [-0.05, 0) is 69.1 Å². The van der Waals surface area contributed by atoms with Crippen LogP contribution in [0, 0.1) is 38.0 Å². The monoisotopic (exact) mass is 298 g/mol. The highest BCUT2D eigenvalue weighted by molar-refractivity contribution is 5.80. The van der Waals surface area contributed by atoms with Crippen LogP contribution in [0.15, 0.2) is 12.1 Å². The van der Waals surface area contributed by atoms with Crippen LogP contribution in [-0.2, 0) is 11.2 Å². The molecule has 3 nitrogen and oxygen atoms in total. The van der Waals surface area contributed by atoms with E-state index >= 15 is 0 Å². The summed E-state index contributed by atoms with van der Waals surface area (Å²) in [5, 5.41) is 12.5. The summed E-state index contributed by atoms with van der Waals surface area (Å²) in [5.41, 5.74) is 3.94. The van der Waals surface area contributed by atoms with Gasteiger partial charge in [0.15, 0.2) is 0 Å². The standard InChI is InChI=1S/C19H26N2O/c1-13-5-7-19(12-20,8-6-13)21-18(22)11-17-15(3)9-14(2)10-16(17)4/h9-10,13H,5-8,11H2,1-4H3,(H,21,22). The summed E-state index contributed by atoms with van der Waals surface area (Å²) < 4.78 is 0. The van der Waals surface area contributed by atoms with Gasteiger partial charge in [0.25, 0.3) is 0 Å². The Labute approximate surface area is 133 Å². The number of rotatable bonds is 3. The van der Waals surface area contributed by atoms with Crippen LogP contribution in [-0.4, -0.2) is 11.4 Å². The lowest BCUT2D eigenvalue weighted by Gasteiger charge is -2.34. The molecule has 1 fully saturated rings. The quantitative estimate of drug-likeness (QED) is 0.924. The predicted molar refractivity (Wildman–Crippen MR) is 88.5 cm³/mol. The number of carbonyl (C=O) groups is 1. The number of carbonyl (C=O) groups excluding carboxylic acids is 1.